The topological polar surface area (TPSA) is 66.9 Å². The van der Waals surface area contributed by atoms with Crippen LogP contribution in [0.15, 0.2) is 35.2 Å². The van der Waals surface area contributed by atoms with Crippen LogP contribution in [0.3, 0.4) is 0 Å². The van der Waals surface area contributed by atoms with E-state index < -0.39 is 10.0 Å². The Morgan fingerprint density at radius 1 is 1.04 bits per heavy atom. The molecule has 0 aliphatic carbocycles. The van der Waals surface area contributed by atoms with Crippen molar-refractivity contribution in [1.82, 2.24) is 9.21 Å². The number of piperidine rings is 1. The number of ether oxygens (including phenoxy) is 1. The van der Waals surface area contributed by atoms with Crippen molar-refractivity contribution in [3.63, 3.8) is 0 Å². The highest BCUT2D eigenvalue weighted by Gasteiger charge is 2.35. The summed E-state index contributed by atoms with van der Waals surface area (Å²) < 4.78 is 32.5. The molecule has 6 nitrogen and oxygen atoms in total. The lowest BCUT2D eigenvalue weighted by Crippen LogP contribution is -2.51. The summed E-state index contributed by atoms with van der Waals surface area (Å²) in [5.41, 5.74) is 0. The van der Waals surface area contributed by atoms with Gasteiger partial charge in [0.05, 0.1) is 17.1 Å². The second-order valence-corrected chi connectivity index (χ2v) is 8.93. The quantitative estimate of drug-likeness (QED) is 0.817. The molecule has 2 atom stereocenters. The lowest BCUT2D eigenvalue weighted by Gasteiger charge is -2.39. The van der Waals surface area contributed by atoms with E-state index in [4.69, 9.17) is 4.74 Å². The Hall–Kier alpha value is -1.44. The molecule has 0 saturated carbocycles. The van der Waals surface area contributed by atoms with Gasteiger partial charge in [-0.25, -0.2) is 8.42 Å². The van der Waals surface area contributed by atoms with Crippen molar-refractivity contribution in [2.45, 2.75) is 43.8 Å². The van der Waals surface area contributed by atoms with Crippen molar-refractivity contribution in [3.05, 3.63) is 30.3 Å². The molecule has 2 fully saturated rings. The molecule has 0 bridgehead atoms. The summed E-state index contributed by atoms with van der Waals surface area (Å²) in [6.45, 7) is 5.97. The van der Waals surface area contributed by atoms with E-state index in [0.29, 0.717) is 43.9 Å². The summed E-state index contributed by atoms with van der Waals surface area (Å²) in [7, 11) is -3.47. The molecular formula is C18H26N2O4S. The van der Waals surface area contributed by atoms with Crippen LogP contribution >= 0.6 is 0 Å². The largest absolute Gasteiger partial charge is 0.372 e. The minimum atomic E-state index is -3.47. The van der Waals surface area contributed by atoms with E-state index in [0.717, 1.165) is 0 Å². The van der Waals surface area contributed by atoms with E-state index in [2.05, 4.69) is 0 Å². The fraction of sp³-hybridized carbons (Fsp3) is 0.611. The third-order valence-electron chi connectivity index (χ3n) is 4.92. The van der Waals surface area contributed by atoms with Gasteiger partial charge in [0.2, 0.25) is 15.9 Å². The van der Waals surface area contributed by atoms with E-state index >= 15 is 0 Å². The van der Waals surface area contributed by atoms with Gasteiger partial charge in [0, 0.05) is 32.1 Å². The lowest BCUT2D eigenvalue weighted by atomic mass is 9.96. The zero-order chi connectivity index (χ0) is 18.0. The van der Waals surface area contributed by atoms with E-state index in [9.17, 15) is 13.2 Å². The molecule has 1 aromatic carbocycles. The van der Waals surface area contributed by atoms with E-state index in [1.807, 2.05) is 18.7 Å². The number of amides is 1. The molecule has 3 rings (SSSR count). The van der Waals surface area contributed by atoms with Gasteiger partial charge < -0.3 is 9.64 Å². The van der Waals surface area contributed by atoms with Crippen LogP contribution in [0.25, 0.3) is 0 Å². The second kappa shape index (κ2) is 7.43. The van der Waals surface area contributed by atoms with E-state index in [1.54, 1.807) is 30.3 Å². The maximum atomic E-state index is 12.8. The van der Waals surface area contributed by atoms with E-state index in [1.165, 1.54) is 4.31 Å². The van der Waals surface area contributed by atoms with Crippen molar-refractivity contribution in [1.29, 1.82) is 0 Å². The number of rotatable bonds is 3. The first-order valence-corrected chi connectivity index (χ1v) is 10.3. The summed E-state index contributed by atoms with van der Waals surface area (Å²) in [6.07, 6.45) is 1.24. The fourth-order valence-electron chi connectivity index (χ4n) is 3.70. The van der Waals surface area contributed by atoms with Crippen LogP contribution in [-0.2, 0) is 19.6 Å². The molecule has 138 valence electrons. The van der Waals surface area contributed by atoms with Crippen LogP contribution in [0.1, 0.15) is 26.7 Å². The molecular weight excluding hydrogens is 340 g/mol. The molecule has 0 spiro atoms. The molecule has 1 amide bonds. The van der Waals surface area contributed by atoms with Gasteiger partial charge in [-0.15, -0.1) is 0 Å². The number of carbonyl (C=O) groups excluding carboxylic acids is 1. The number of nitrogens with zero attached hydrogens (tertiary/aromatic N) is 2. The molecule has 2 saturated heterocycles. The van der Waals surface area contributed by atoms with Gasteiger partial charge in [-0.3, -0.25) is 4.79 Å². The Labute approximate surface area is 149 Å². The Morgan fingerprint density at radius 3 is 2.16 bits per heavy atom. The van der Waals surface area contributed by atoms with Crippen LogP contribution in [0, 0.1) is 5.92 Å². The Kier molecular flexibility index (Phi) is 5.46. The lowest BCUT2D eigenvalue weighted by molar-refractivity contribution is -0.148. The molecule has 0 aromatic heterocycles. The first-order valence-electron chi connectivity index (χ1n) is 8.87. The normalized spacial score (nSPS) is 26.6. The highest BCUT2D eigenvalue weighted by molar-refractivity contribution is 7.89. The number of hydrogen-bond acceptors (Lipinski definition) is 4. The maximum absolute atomic E-state index is 12.8. The summed E-state index contributed by atoms with van der Waals surface area (Å²) in [5.74, 6) is 0.0403. The van der Waals surface area contributed by atoms with Crippen LogP contribution in [0.4, 0.5) is 0 Å². The standard InChI is InChI=1S/C18H26N2O4S/c1-14-12-19(13-15(2)24-14)18(21)16-8-10-20(11-9-16)25(22,23)17-6-4-3-5-7-17/h3-7,14-16H,8-13H2,1-2H3/t14-,15-/m0/s1. The average Bonchev–Trinajstić information content (AvgIpc) is 2.61. The second-order valence-electron chi connectivity index (χ2n) is 6.99. The number of hydrogen-bond donors (Lipinski definition) is 0. The average molecular weight is 366 g/mol. The summed E-state index contributed by atoms with van der Waals surface area (Å²) in [5, 5.41) is 0. The highest BCUT2D eigenvalue weighted by Crippen LogP contribution is 2.26. The van der Waals surface area contributed by atoms with Crippen molar-refractivity contribution in [3.8, 4) is 0 Å². The van der Waals surface area contributed by atoms with Crippen molar-refractivity contribution in [2.24, 2.45) is 5.92 Å². The Morgan fingerprint density at radius 2 is 1.60 bits per heavy atom. The first-order chi connectivity index (χ1) is 11.9. The minimum absolute atomic E-state index is 0.0475. The number of morpholine rings is 1. The summed E-state index contributed by atoms with van der Waals surface area (Å²) >= 11 is 0. The van der Waals surface area contributed by atoms with Crippen molar-refractivity contribution >= 4 is 15.9 Å². The molecule has 2 heterocycles. The molecule has 2 aliphatic rings. The zero-order valence-corrected chi connectivity index (χ0v) is 15.6. The van der Waals surface area contributed by atoms with Gasteiger partial charge in [0.25, 0.3) is 0 Å². The molecule has 0 unspecified atom stereocenters. The third kappa shape index (κ3) is 4.04. The number of carbonyl (C=O) groups is 1. The fourth-order valence-corrected chi connectivity index (χ4v) is 5.19. The van der Waals surface area contributed by atoms with Gasteiger partial charge in [0.1, 0.15) is 0 Å². The zero-order valence-electron chi connectivity index (χ0n) is 14.8. The monoisotopic (exact) mass is 366 g/mol. The minimum Gasteiger partial charge on any atom is -0.372 e. The van der Waals surface area contributed by atoms with Gasteiger partial charge in [-0.05, 0) is 38.8 Å². The van der Waals surface area contributed by atoms with Crippen molar-refractivity contribution < 1.29 is 17.9 Å². The highest BCUT2D eigenvalue weighted by atomic mass is 32.2. The molecule has 7 heteroatoms. The predicted molar refractivity (Wildman–Crippen MR) is 94.5 cm³/mol. The number of benzene rings is 1. The van der Waals surface area contributed by atoms with Crippen LogP contribution in [0.2, 0.25) is 0 Å². The Bertz CT molecular complexity index is 689. The molecule has 0 radical (unpaired) electrons. The first kappa shape index (κ1) is 18.4. The SMILES string of the molecule is C[C@H]1CN(C(=O)C2CCN(S(=O)(=O)c3ccccc3)CC2)C[C@H](C)O1. The van der Waals surface area contributed by atoms with Crippen molar-refractivity contribution in [2.75, 3.05) is 26.2 Å². The molecule has 1 aromatic rings. The summed E-state index contributed by atoms with van der Waals surface area (Å²) in [6, 6.07) is 8.48. The van der Waals surface area contributed by atoms with Crippen LogP contribution < -0.4 is 0 Å². The smallest absolute Gasteiger partial charge is 0.243 e. The number of sulfonamides is 1. The van der Waals surface area contributed by atoms with Gasteiger partial charge in [0.15, 0.2) is 0 Å². The Balaban J connectivity index is 1.61. The molecule has 2 aliphatic heterocycles. The molecule has 25 heavy (non-hydrogen) atoms. The summed E-state index contributed by atoms with van der Waals surface area (Å²) in [4.78, 5) is 15.0. The predicted octanol–water partition coefficient (Wildman–Crippen LogP) is 1.72. The van der Waals surface area contributed by atoms with Crippen LogP contribution in [-0.4, -0.2) is 61.9 Å². The van der Waals surface area contributed by atoms with Crippen LogP contribution in [0.5, 0.6) is 0 Å². The van der Waals surface area contributed by atoms with E-state index in [-0.39, 0.29) is 24.0 Å². The van der Waals surface area contributed by atoms with Gasteiger partial charge in [-0.1, -0.05) is 18.2 Å². The third-order valence-corrected chi connectivity index (χ3v) is 6.83. The molecule has 0 N–H and O–H groups in total. The van der Waals surface area contributed by atoms with Gasteiger partial charge >= 0.3 is 0 Å². The van der Waals surface area contributed by atoms with Gasteiger partial charge in [-0.2, -0.15) is 4.31 Å². The maximum Gasteiger partial charge on any atom is 0.243 e.